The molecule has 0 fully saturated rings. The van der Waals surface area contributed by atoms with Crippen LogP contribution in [0.1, 0.15) is 11.1 Å². The molecule has 0 aromatic heterocycles. The maximum atomic E-state index is 13.5. The second-order valence-electron chi connectivity index (χ2n) is 4.22. The van der Waals surface area contributed by atoms with Crippen LogP contribution >= 0.6 is 0 Å². The van der Waals surface area contributed by atoms with E-state index in [2.05, 4.69) is 5.32 Å². The summed E-state index contributed by atoms with van der Waals surface area (Å²) in [6, 6.07) is 15.4. The van der Waals surface area contributed by atoms with Crippen LogP contribution in [0.3, 0.4) is 0 Å². The Balaban J connectivity index is 2.09. The summed E-state index contributed by atoms with van der Waals surface area (Å²) in [5, 5.41) is 20.5. The van der Waals surface area contributed by atoms with Crippen molar-refractivity contribution in [3.05, 3.63) is 59.4 Å². The van der Waals surface area contributed by atoms with E-state index in [1.54, 1.807) is 30.3 Å². The molecule has 0 saturated heterocycles. The molecule has 2 rings (SSSR count). The number of nitriles is 2. The third-order valence-electron chi connectivity index (χ3n) is 2.81. The summed E-state index contributed by atoms with van der Waals surface area (Å²) in [4.78, 5) is 0. The zero-order valence-corrected chi connectivity index (χ0v) is 11.1. The van der Waals surface area contributed by atoms with Crippen molar-refractivity contribution in [2.75, 3.05) is 11.9 Å². The van der Waals surface area contributed by atoms with Gasteiger partial charge in [0.15, 0.2) is 6.61 Å². The molecule has 0 radical (unpaired) electrons. The second kappa shape index (κ2) is 6.93. The maximum Gasteiger partial charge on any atom is 0.174 e. The van der Waals surface area contributed by atoms with Crippen molar-refractivity contribution in [1.29, 1.82) is 10.5 Å². The molecule has 0 saturated carbocycles. The Bertz CT molecular complexity index is 716. The van der Waals surface area contributed by atoms with Gasteiger partial charge in [0.25, 0.3) is 0 Å². The minimum Gasteiger partial charge on any atom is -0.479 e. The van der Waals surface area contributed by atoms with Crippen LogP contribution < -0.4 is 10.1 Å². The van der Waals surface area contributed by atoms with E-state index in [4.69, 9.17) is 15.3 Å². The third-order valence-corrected chi connectivity index (χ3v) is 2.81. The van der Waals surface area contributed by atoms with Gasteiger partial charge in [-0.1, -0.05) is 18.2 Å². The smallest absolute Gasteiger partial charge is 0.174 e. The molecule has 104 valence electrons. The maximum absolute atomic E-state index is 13.5. The van der Waals surface area contributed by atoms with E-state index in [0.29, 0.717) is 18.0 Å². The molecule has 0 unspecified atom stereocenters. The van der Waals surface area contributed by atoms with E-state index in [0.717, 1.165) is 5.56 Å². The highest BCUT2D eigenvalue weighted by atomic mass is 19.1. The van der Waals surface area contributed by atoms with Crippen LogP contribution in [0.5, 0.6) is 5.75 Å². The van der Waals surface area contributed by atoms with Gasteiger partial charge in [0, 0.05) is 6.54 Å². The molecule has 4 nitrogen and oxygen atoms in total. The van der Waals surface area contributed by atoms with Crippen molar-refractivity contribution in [2.24, 2.45) is 0 Å². The van der Waals surface area contributed by atoms with Crippen LogP contribution in [0, 0.1) is 28.5 Å². The Morgan fingerprint density at radius 1 is 1.14 bits per heavy atom. The highest BCUT2D eigenvalue weighted by molar-refractivity contribution is 5.58. The average molecular weight is 281 g/mol. The van der Waals surface area contributed by atoms with E-state index in [9.17, 15) is 4.39 Å². The van der Waals surface area contributed by atoms with Gasteiger partial charge < -0.3 is 10.1 Å². The van der Waals surface area contributed by atoms with Crippen LogP contribution in [0.25, 0.3) is 0 Å². The molecule has 0 aliphatic carbocycles. The minimum atomic E-state index is -0.548. The summed E-state index contributed by atoms with van der Waals surface area (Å²) in [5.74, 6) is 0.0456. The van der Waals surface area contributed by atoms with Gasteiger partial charge in [-0.05, 0) is 29.8 Å². The second-order valence-corrected chi connectivity index (χ2v) is 4.22. The highest BCUT2D eigenvalue weighted by Gasteiger charge is 2.07. The van der Waals surface area contributed by atoms with Crippen molar-refractivity contribution < 1.29 is 9.13 Å². The Morgan fingerprint density at radius 3 is 2.71 bits per heavy atom. The monoisotopic (exact) mass is 281 g/mol. The fourth-order valence-corrected chi connectivity index (χ4v) is 1.84. The average Bonchev–Trinajstić information content (AvgIpc) is 2.51. The topological polar surface area (TPSA) is 68.8 Å². The molecule has 0 aliphatic rings. The van der Waals surface area contributed by atoms with Crippen molar-refractivity contribution in [1.82, 2.24) is 0 Å². The first-order valence-corrected chi connectivity index (χ1v) is 6.26. The number of rotatable bonds is 5. The summed E-state index contributed by atoms with van der Waals surface area (Å²) < 4.78 is 18.7. The third kappa shape index (κ3) is 3.71. The van der Waals surface area contributed by atoms with E-state index in [-0.39, 0.29) is 12.2 Å². The molecule has 2 aromatic carbocycles. The molecule has 5 heteroatoms. The number of nitrogens with one attached hydrogen (secondary N) is 1. The van der Waals surface area contributed by atoms with Crippen molar-refractivity contribution >= 4 is 5.69 Å². The summed E-state index contributed by atoms with van der Waals surface area (Å²) in [5.41, 5.74) is 1.34. The van der Waals surface area contributed by atoms with Crippen molar-refractivity contribution in [3.8, 4) is 17.9 Å². The standard InChI is InChI=1S/C16H12FN3O/c17-15-5-2-6-16(14(15)10-19)20-11-12-3-1-4-13(9-12)21-8-7-18/h1-6,9,20H,8,11H2. The van der Waals surface area contributed by atoms with Gasteiger partial charge in [0.05, 0.1) is 5.69 Å². The first kappa shape index (κ1) is 14.4. The van der Waals surface area contributed by atoms with Gasteiger partial charge in [-0.15, -0.1) is 0 Å². The number of ether oxygens (including phenoxy) is 1. The fraction of sp³-hybridized carbons (Fsp3) is 0.125. The molecule has 0 spiro atoms. The van der Waals surface area contributed by atoms with Crippen LogP contribution in [0.4, 0.5) is 10.1 Å². The van der Waals surface area contributed by atoms with Gasteiger partial charge in [0.2, 0.25) is 0 Å². The predicted molar refractivity (Wildman–Crippen MR) is 76.0 cm³/mol. The quantitative estimate of drug-likeness (QED) is 0.913. The zero-order chi connectivity index (χ0) is 15.1. The van der Waals surface area contributed by atoms with Crippen molar-refractivity contribution in [3.63, 3.8) is 0 Å². The SMILES string of the molecule is N#CCOc1cccc(CNc2cccc(F)c2C#N)c1. The molecule has 0 bridgehead atoms. The molecule has 0 heterocycles. The molecule has 21 heavy (non-hydrogen) atoms. The Hall–Kier alpha value is -3.05. The molecule has 1 N–H and O–H groups in total. The fourth-order valence-electron chi connectivity index (χ4n) is 1.84. The summed E-state index contributed by atoms with van der Waals surface area (Å²) in [6.45, 7) is 0.404. The lowest BCUT2D eigenvalue weighted by molar-refractivity contribution is 0.368. The number of anilines is 1. The molecule has 0 amide bonds. The first-order valence-electron chi connectivity index (χ1n) is 6.26. The number of hydrogen-bond donors (Lipinski definition) is 1. The lowest BCUT2D eigenvalue weighted by Crippen LogP contribution is -2.03. The molecular formula is C16H12FN3O. The summed E-state index contributed by atoms with van der Waals surface area (Å²) in [7, 11) is 0. The largest absolute Gasteiger partial charge is 0.479 e. The predicted octanol–water partition coefficient (Wildman–Crippen LogP) is 3.21. The Morgan fingerprint density at radius 2 is 1.95 bits per heavy atom. The zero-order valence-electron chi connectivity index (χ0n) is 11.1. The van der Waals surface area contributed by atoms with Crippen LogP contribution in [0.2, 0.25) is 0 Å². The van der Waals surface area contributed by atoms with E-state index in [1.165, 1.54) is 6.07 Å². The molecular weight excluding hydrogens is 269 g/mol. The lowest BCUT2D eigenvalue weighted by atomic mass is 10.1. The van der Waals surface area contributed by atoms with Gasteiger partial charge in [-0.2, -0.15) is 10.5 Å². The van der Waals surface area contributed by atoms with Crippen LogP contribution in [-0.2, 0) is 6.54 Å². The number of halogens is 1. The van der Waals surface area contributed by atoms with Crippen molar-refractivity contribution in [2.45, 2.75) is 6.54 Å². The highest BCUT2D eigenvalue weighted by Crippen LogP contribution is 2.20. The van der Waals surface area contributed by atoms with Crippen LogP contribution in [0.15, 0.2) is 42.5 Å². The number of nitrogens with zero attached hydrogens (tertiary/aromatic N) is 2. The lowest BCUT2D eigenvalue weighted by Gasteiger charge is -2.10. The summed E-state index contributed by atoms with van der Waals surface area (Å²) >= 11 is 0. The minimum absolute atomic E-state index is 0.00520. The number of benzene rings is 2. The Labute approximate surface area is 122 Å². The first-order chi connectivity index (χ1) is 10.2. The van der Waals surface area contributed by atoms with E-state index < -0.39 is 5.82 Å². The van der Waals surface area contributed by atoms with Gasteiger partial charge in [-0.25, -0.2) is 4.39 Å². The van der Waals surface area contributed by atoms with Gasteiger partial charge >= 0.3 is 0 Å². The van der Waals surface area contributed by atoms with Gasteiger partial charge in [0.1, 0.15) is 29.3 Å². The Kier molecular flexibility index (Phi) is 4.74. The number of hydrogen-bond acceptors (Lipinski definition) is 4. The molecule has 0 atom stereocenters. The molecule has 0 aliphatic heterocycles. The van der Waals surface area contributed by atoms with Crippen LogP contribution in [-0.4, -0.2) is 6.61 Å². The van der Waals surface area contributed by atoms with Gasteiger partial charge in [-0.3, -0.25) is 0 Å². The summed E-state index contributed by atoms with van der Waals surface area (Å²) in [6.07, 6.45) is 0. The van der Waals surface area contributed by atoms with E-state index >= 15 is 0 Å². The van der Waals surface area contributed by atoms with E-state index in [1.807, 2.05) is 18.2 Å². The molecule has 2 aromatic rings. The normalized spacial score (nSPS) is 9.48.